The summed E-state index contributed by atoms with van der Waals surface area (Å²) in [5.41, 5.74) is 28.0. The number of hydrogen-bond acceptors (Lipinski definition) is 16. The lowest BCUT2D eigenvalue weighted by Crippen LogP contribution is -2.61. The van der Waals surface area contributed by atoms with Crippen molar-refractivity contribution in [2.45, 2.75) is 107 Å². The van der Waals surface area contributed by atoms with Crippen LogP contribution in [0, 0.1) is 0 Å². The van der Waals surface area contributed by atoms with Gasteiger partial charge in [0.05, 0.1) is 19.5 Å². The summed E-state index contributed by atoms with van der Waals surface area (Å²) in [6.07, 6.45) is -1.57. The van der Waals surface area contributed by atoms with Crippen molar-refractivity contribution in [2.75, 3.05) is 37.7 Å². The highest BCUT2D eigenvalue weighted by atomic mass is 33.1. The summed E-state index contributed by atoms with van der Waals surface area (Å²) >= 11 is 0. The predicted octanol–water partition coefficient (Wildman–Crippen LogP) is -5.23. The van der Waals surface area contributed by atoms with Gasteiger partial charge in [0.1, 0.15) is 48.0 Å². The maximum atomic E-state index is 14.6. The minimum atomic E-state index is -1.79. The molecule has 0 aromatic heterocycles. The van der Waals surface area contributed by atoms with E-state index in [4.69, 9.17) is 28.7 Å². The summed E-state index contributed by atoms with van der Waals surface area (Å²) in [7, 11) is 2.16. The summed E-state index contributed by atoms with van der Waals surface area (Å²) in [4.78, 5) is 166. The van der Waals surface area contributed by atoms with E-state index in [1.807, 2.05) is 0 Å². The number of nitrogens with zero attached hydrogens (tertiary/aromatic N) is 2. The fraction of sp³-hybridized carbons (Fsp3) is 0.479. The van der Waals surface area contributed by atoms with E-state index in [1.165, 1.54) is 17.0 Å². The minimum absolute atomic E-state index is 0.00446. The van der Waals surface area contributed by atoms with Gasteiger partial charge in [0.2, 0.25) is 70.9 Å². The third-order valence-electron chi connectivity index (χ3n) is 11.9. The lowest BCUT2D eigenvalue weighted by Gasteiger charge is -2.31. The number of hydrogen-bond donors (Lipinski definition) is 14. The topological polar surface area (TPSA) is 467 Å². The number of phenols is 1. The standard InChI is InChI=1S/C48H67N15O13S2/c49-36(65)15-14-30-42(71)61-33(22-37(50)66)45(74)62-34(47(76)63-18-5-9-35(63)46(75)59-29(8-4-17-54-48(52)53)41(70)56-24-40(69)55-23-38(51)67)25-78-77-19-16-39(68)57-31(21-27-10-12-28(64)13-11-27)43(72)60-32(44(73)58-30)20-26-6-2-1-3-7-26/h1-3,6-7,10-13,29-35,64H,4-5,8-9,14-25H2,(H2,49,65)(H2,50,66)(H2,51,67)(H,55,69)(H,56,70)(H,57,68)(H,58,73)(H,59,75)(H,60,72)(H,61,71)(H,62,74)(H4,52,53,54)/t29-,30+,31+,32+,33+,34+,35+/m1/s1. The second-order valence-corrected chi connectivity index (χ2v) is 20.7. The average molecular weight is 1130 g/mol. The number of primary amides is 3. The third kappa shape index (κ3) is 21.8. The summed E-state index contributed by atoms with van der Waals surface area (Å²) in [6.45, 7) is -1.02. The maximum Gasteiger partial charge on any atom is 0.246 e. The molecule has 2 aliphatic heterocycles. The van der Waals surface area contributed by atoms with Crippen molar-refractivity contribution in [1.82, 2.24) is 47.4 Å². The summed E-state index contributed by atoms with van der Waals surface area (Å²) < 4.78 is 0. The Kier molecular flexibility index (Phi) is 25.4. The maximum absolute atomic E-state index is 14.6. The summed E-state index contributed by atoms with van der Waals surface area (Å²) in [5.74, 6) is -10.8. The van der Waals surface area contributed by atoms with Crippen molar-refractivity contribution >= 4 is 98.4 Å². The largest absolute Gasteiger partial charge is 0.508 e. The number of amides is 12. The number of nitrogens with one attached hydrogen (secondary N) is 8. The van der Waals surface area contributed by atoms with Crippen LogP contribution in [0.2, 0.25) is 0 Å². The lowest BCUT2D eigenvalue weighted by atomic mass is 10.0. The highest BCUT2D eigenvalue weighted by Crippen LogP contribution is 2.26. The predicted molar refractivity (Wildman–Crippen MR) is 285 cm³/mol. The molecule has 2 aromatic rings. The zero-order valence-corrected chi connectivity index (χ0v) is 44.1. The average Bonchev–Trinajstić information content (AvgIpc) is 3.89. The Morgan fingerprint density at radius 2 is 1.32 bits per heavy atom. The molecule has 424 valence electrons. The number of aromatic hydroxyl groups is 1. The fourth-order valence-electron chi connectivity index (χ4n) is 8.02. The number of phenolic OH excluding ortho intramolecular Hbond substituents is 1. The molecule has 28 nitrogen and oxygen atoms in total. The molecular formula is C48H67N15O13S2. The van der Waals surface area contributed by atoms with Crippen LogP contribution in [-0.2, 0) is 70.4 Å². The van der Waals surface area contributed by atoms with Gasteiger partial charge in [0, 0.05) is 50.3 Å². The normalized spacial score (nSPS) is 21.1. The van der Waals surface area contributed by atoms with E-state index in [0.717, 1.165) is 21.6 Å². The number of benzene rings is 2. The first-order chi connectivity index (χ1) is 37.1. The number of carbonyl (C=O) groups is 12. The molecule has 2 saturated heterocycles. The van der Waals surface area contributed by atoms with Crippen molar-refractivity contribution in [3.8, 4) is 5.75 Å². The summed E-state index contributed by atoms with van der Waals surface area (Å²) in [6, 6.07) is 4.26. The first-order valence-corrected chi connectivity index (χ1v) is 27.2. The van der Waals surface area contributed by atoms with Crippen molar-refractivity contribution in [3.63, 3.8) is 0 Å². The van der Waals surface area contributed by atoms with Gasteiger partial charge in [0.15, 0.2) is 5.96 Å². The molecule has 7 atom stereocenters. The molecule has 0 radical (unpaired) electrons. The van der Waals surface area contributed by atoms with E-state index in [2.05, 4.69) is 47.5 Å². The molecule has 2 fully saturated rings. The molecule has 12 amide bonds. The van der Waals surface area contributed by atoms with Crippen LogP contribution in [0.4, 0.5) is 0 Å². The molecule has 0 unspecified atom stereocenters. The molecule has 4 rings (SSSR count). The molecule has 2 heterocycles. The zero-order valence-electron chi connectivity index (χ0n) is 42.5. The van der Waals surface area contributed by atoms with Gasteiger partial charge in [-0.1, -0.05) is 64.1 Å². The lowest BCUT2D eigenvalue weighted by molar-refractivity contribution is -0.142. The van der Waals surface area contributed by atoms with Gasteiger partial charge in [-0.05, 0) is 55.4 Å². The van der Waals surface area contributed by atoms with Crippen LogP contribution in [0.1, 0.15) is 62.5 Å². The molecule has 0 aliphatic carbocycles. The van der Waals surface area contributed by atoms with Crippen LogP contribution in [0.15, 0.2) is 59.6 Å². The van der Waals surface area contributed by atoms with Crippen molar-refractivity contribution in [2.24, 2.45) is 33.7 Å². The van der Waals surface area contributed by atoms with Gasteiger partial charge in [-0.25, -0.2) is 0 Å². The number of nitrogens with two attached hydrogens (primary N) is 5. The van der Waals surface area contributed by atoms with E-state index in [1.54, 1.807) is 42.5 Å². The Labute approximate surface area is 456 Å². The van der Waals surface area contributed by atoms with E-state index >= 15 is 0 Å². The van der Waals surface area contributed by atoms with Gasteiger partial charge in [-0.2, -0.15) is 0 Å². The van der Waals surface area contributed by atoms with Crippen molar-refractivity contribution in [1.29, 1.82) is 0 Å². The SMILES string of the molecule is NC(=O)CC[C@@H]1NC(=O)[C@H](Cc2ccccc2)NC(=O)[C@H](Cc2ccc(O)cc2)NC(=O)CCSSC[C@@H](C(=O)N2CCC[C@H]2C(=O)N[C@H](CCCN=C(N)N)C(=O)NCC(=O)NCC(N)=O)NC(=O)[C@H](CC(N)=O)NC1=O. The third-order valence-corrected chi connectivity index (χ3v) is 14.4. The fourth-order valence-corrected chi connectivity index (χ4v) is 10.2. The molecular weight excluding hydrogens is 1060 g/mol. The second-order valence-electron chi connectivity index (χ2n) is 18.1. The Morgan fingerprint density at radius 3 is 1.96 bits per heavy atom. The second kappa shape index (κ2) is 31.8. The van der Waals surface area contributed by atoms with E-state index in [9.17, 15) is 62.6 Å². The smallest absolute Gasteiger partial charge is 0.246 e. The Morgan fingerprint density at radius 1 is 0.705 bits per heavy atom. The Bertz CT molecular complexity index is 2520. The van der Waals surface area contributed by atoms with Crippen LogP contribution in [-0.4, -0.2) is 167 Å². The van der Waals surface area contributed by atoms with Gasteiger partial charge in [-0.3, -0.25) is 62.5 Å². The molecule has 0 saturated carbocycles. The van der Waals surface area contributed by atoms with Crippen LogP contribution >= 0.6 is 21.6 Å². The van der Waals surface area contributed by atoms with Gasteiger partial charge >= 0.3 is 0 Å². The van der Waals surface area contributed by atoms with Gasteiger partial charge in [-0.15, -0.1) is 0 Å². The monoisotopic (exact) mass is 1130 g/mol. The zero-order chi connectivity index (χ0) is 57.3. The molecule has 30 heteroatoms. The number of aliphatic imine (C=N–C) groups is 1. The Balaban J connectivity index is 1.67. The molecule has 0 spiro atoms. The number of rotatable bonds is 21. The van der Waals surface area contributed by atoms with Gasteiger partial charge < -0.3 is 81.2 Å². The van der Waals surface area contributed by atoms with Crippen molar-refractivity contribution < 1.29 is 62.6 Å². The minimum Gasteiger partial charge on any atom is -0.508 e. The summed E-state index contributed by atoms with van der Waals surface area (Å²) in [5, 5.41) is 30.0. The van der Waals surface area contributed by atoms with Crippen LogP contribution in [0.5, 0.6) is 5.75 Å². The number of carbonyl (C=O) groups excluding carboxylic acids is 12. The van der Waals surface area contributed by atoms with E-state index in [0.29, 0.717) is 17.5 Å². The first kappa shape index (κ1) is 62.4. The highest BCUT2D eigenvalue weighted by molar-refractivity contribution is 8.76. The molecule has 2 aromatic carbocycles. The van der Waals surface area contributed by atoms with Crippen LogP contribution < -0.4 is 71.2 Å². The van der Waals surface area contributed by atoms with Gasteiger partial charge in [0.25, 0.3) is 0 Å². The van der Waals surface area contributed by atoms with Crippen molar-refractivity contribution in [3.05, 3.63) is 65.7 Å². The molecule has 2 aliphatic rings. The number of guanidine groups is 1. The first-order valence-electron chi connectivity index (χ1n) is 24.7. The molecule has 78 heavy (non-hydrogen) atoms. The number of likely N-dealkylation sites (tertiary alicyclic amines) is 1. The Hall–Kier alpha value is -8.15. The molecule has 19 N–H and O–H groups in total. The van der Waals surface area contributed by atoms with E-state index in [-0.39, 0.29) is 74.8 Å². The van der Waals surface area contributed by atoms with E-state index < -0.39 is 146 Å². The quantitative estimate of drug-likeness (QED) is 0.0240. The van der Waals surface area contributed by atoms with Crippen LogP contribution in [0.3, 0.4) is 0 Å². The molecule has 0 bridgehead atoms. The highest BCUT2D eigenvalue weighted by Gasteiger charge is 2.40. The van der Waals surface area contributed by atoms with Crippen LogP contribution in [0.25, 0.3) is 0 Å².